The molecule has 1 heterocycles. The molecule has 0 amide bonds. The van der Waals surface area contributed by atoms with Crippen molar-refractivity contribution in [3.63, 3.8) is 0 Å². The summed E-state index contributed by atoms with van der Waals surface area (Å²) in [7, 11) is 0. The third-order valence-electron chi connectivity index (χ3n) is 3.76. The minimum absolute atomic E-state index is 0.0371. The molecule has 4 nitrogen and oxygen atoms in total. The maximum atomic E-state index is 12.6. The Labute approximate surface area is 142 Å². The van der Waals surface area contributed by atoms with Crippen LogP contribution in [0.15, 0.2) is 42.5 Å². The van der Waals surface area contributed by atoms with Gasteiger partial charge in [-0.3, -0.25) is 0 Å². The molecule has 0 aliphatic carbocycles. The van der Waals surface area contributed by atoms with Crippen molar-refractivity contribution in [2.75, 3.05) is 18.5 Å². The molecule has 7 heteroatoms. The van der Waals surface area contributed by atoms with Gasteiger partial charge >= 0.3 is 6.36 Å². The van der Waals surface area contributed by atoms with Gasteiger partial charge in [0.25, 0.3) is 0 Å². The smallest absolute Gasteiger partial charge is 0.405 e. The maximum Gasteiger partial charge on any atom is 0.573 e. The first kappa shape index (κ1) is 17.2. The summed E-state index contributed by atoms with van der Waals surface area (Å²) in [5.74, 6) is -0.238. The van der Waals surface area contributed by atoms with Crippen molar-refractivity contribution in [1.29, 1.82) is 0 Å². The van der Waals surface area contributed by atoms with Crippen LogP contribution in [-0.4, -0.2) is 24.6 Å². The fourth-order valence-electron chi connectivity index (χ4n) is 2.68. The van der Waals surface area contributed by atoms with E-state index in [0.717, 1.165) is 16.8 Å². The molecule has 0 saturated carbocycles. The number of nitrogens with one attached hydrogen (secondary N) is 2. The third kappa shape index (κ3) is 4.24. The summed E-state index contributed by atoms with van der Waals surface area (Å²) in [6, 6.07) is 11.8. The number of hydrogen-bond donors (Lipinski definition) is 3. The molecule has 0 saturated heterocycles. The maximum absolute atomic E-state index is 12.6. The van der Waals surface area contributed by atoms with Gasteiger partial charge in [-0.2, -0.15) is 0 Å². The molecule has 1 aliphatic rings. The van der Waals surface area contributed by atoms with E-state index in [0.29, 0.717) is 24.4 Å². The quantitative estimate of drug-likeness (QED) is 0.771. The van der Waals surface area contributed by atoms with Crippen molar-refractivity contribution in [3.8, 4) is 5.75 Å². The van der Waals surface area contributed by atoms with Crippen LogP contribution in [0, 0.1) is 0 Å². The lowest BCUT2D eigenvalue weighted by molar-refractivity contribution is -0.274. The zero-order valence-corrected chi connectivity index (χ0v) is 13.2. The fraction of sp³-hybridized carbons (Fsp3) is 0.222. The Bertz CT molecular complexity index is 788. The topological polar surface area (TPSA) is 53.5 Å². The average Bonchev–Trinajstić information content (AvgIpc) is 2.58. The molecule has 0 radical (unpaired) electrons. The van der Waals surface area contributed by atoms with E-state index >= 15 is 0 Å². The number of fused-ring (bicyclic) bond motifs is 1. The van der Waals surface area contributed by atoms with Gasteiger partial charge in [0, 0.05) is 30.0 Å². The second-order valence-electron chi connectivity index (χ2n) is 5.52. The molecule has 2 aromatic rings. The highest BCUT2D eigenvalue weighted by atomic mass is 19.4. The van der Waals surface area contributed by atoms with Gasteiger partial charge in [0.15, 0.2) is 0 Å². The number of rotatable bonds is 5. The van der Waals surface area contributed by atoms with Crippen molar-refractivity contribution >= 4 is 17.5 Å². The Hall–Kier alpha value is -2.67. The predicted octanol–water partition coefficient (Wildman–Crippen LogP) is 3.59. The number of para-hydroxylation sites is 1. The highest BCUT2D eigenvalue weighted by Gasteiger charge is 2.32. The standard InChI is InChI=1S/C18H17F3N2O2/c19-18(20,21)25-17-4-2-1-3-15(17)16-10-12-5-6-14(22-7-8-24)9-13(12)11-23-16/h1-6,9-10,22-24H,7-8,11H2. The third-order valence-corrected chi connectivity index (χ3v) is 3.76. The molecular weight excluding hydrogens is 333 g/mol. The number of aliphatic hydroxyl groups is 1. The first-order valence-corrected chi connectivity index (χ1v) is 7.74. The summed E-state index contributed by atoms with van der Waals surface area (Å²) >= 11 is 0. The lowest BCUT2D eigenvalue weighted by atomic mass is 9.99. The summed E-state index contributed by atoms with van der Waals surface area (Å²) in [5.41, 5.74) is 3.75. The first-order chi connectivity index (χ1) is 12.0. The number of hydrogen-bond acceptors (Lipinski definition) is 4. The summed E-state index contributed by atoms with van der Waals surface area (Å²) in [6.07, 6.45) is -2.94. The van der Waals surface area contributed by atoms with Crippen LogP contribution in [0.2, 0.25) is 0 Å². The van der Waals surface area contributed by atoms with Gasteiger partial charge in [-0.1, -0.05) is 18.2 Å². The number of alkyl halides is 3. The molecule has 0 unspecified atom stereocenters. The lowest BCUT2D eigenvalue weighted by Gasteiger charge is -2.22. The number of anilines is 1. The van der Waals surface area contributed by atoms with E-state index in [-0.39, 0.29) is 12.4 Å². The van der Waals surface area contributed by atoms with E-state index in [4.69, 9.17) is 5.11 Å². The number of halogens is 3. The Balaban J connectivity index is 1.90. The van der Waals surface area contributed by atoms with Crippen LogP contribution >= 0.6 is 0 Å². The summed E-state index contributed by atoms with van der Waals surface area (Å²) in [6.45, 7) is 0.973. The summed E-state index contributed by atoms with van der Waals surface area (Å²) in [4.78, 5) is 0. The van der Waals surface area contributed by atoms with Crippen molar-refractivity contribution in [2.24, 2.45) is 0 Å². The highest BCUT2D eigenvalue weighted by molar-refractivity contribution is 5.85. The van der Waals surface area contributed by atoms with Crippen LogP contribution in [0.1, 0.15) is 16.7 Å². The van der Waals surface area contributed by atoms with Crippen LogP contribution in [0.25, 0.3) is 11.8 Å². The lowest BCUT2D eigenvalue weighted by Crippen LogP contribution is -2.21. The SMILES string of the molecule is OCCNc1ccc2c(c1)CNC(c1ccccc1OC(F)(F)F)=C2. The second-order valence-corrected chi connectivity index (χ2v) is 5.52. The van der Waals surface area contributed by atoms with Gasteiger partial charge in [0.05, 0.1) is 6.61 Å². The van der Waals surface area contributed by atoms with Crippen LogP contribution in [0.4, 0.5) is 18.9 Å². The van der Waals surface area contributed by atoms with Gasteiger partial charge in [-0.25, -0.2) is 0 Å². The minimum Gasteiger partial charge on any atom is -0.405 e. The molecule has 25 heavy (non-hydrogen) atoms. The Kier molecular flexibility index (Phi) is 4.85. The fourth-order valence-corrected chi connectivity index (χ4v) is 2.68. The van der Waals surface area contributed by atoms with Crippen LogP contribution < -0.4 is 15.4 Å². The van der Waals surface area contributed by atoms with E-state index < -0.39 is 6.36 Å². The monoisotopic (exact) mass is 350 g/mol. The number of aliphatic hydroxyl groups excluding tert-OH is 1. The van der Waals surface area contributed by atoms with E-state index in [9.17, 15) is 13.2 Å². The van der Waals surface area contributed by atoms with E-state index in [1.165, 1.54) is 12.1 Å². The zero-order valence-electron chi connectivity index (χ0n) is 13.2. The van der Waals surface area contributed by atoms with Crippen molar-refractivity contribution in [1.82, 2.24) is 5.32 Å². The van der Waals surface area contributed by atoms with E-state index in [1.807, 2.05) is 18.2 Å². The minimum atomic E-state index is -4.74. The second kappa shape index (κ2) is 7.06. The van der Waals surface area contributed by atoms with Crippen LogP contribution in [0.3, 0.4) is 0 Å². The molecule has 2 aromatic carbocycles. The molecule has 1 aliphatic heterocycles. The van der Waals surface area contributed by atoms with Gasteiger partial charge in [0.1, 0.15) is 5.75 Å². The highest BCUT2D eigenvalue weighted by Crippen LogP contribution is 2.33. The number of ether oxygens (including phenoxy) is 1. The molecule has 3 rings (SSSR count). The van der Waals surface area contributed by atoms with Crippen molar-refractivity contribution in [3.05, 3.63) is 59.2 Å². The molecule has 3 N–H and O–H groups in total. The molecule has 0 atom stereocenters. The number of benzene rings is 2. The average molecular weight is 350 g/mol. The van der Waals surface area contributed by atoms with E-state index in [2.05, 4.69) is 15.4 Å². The van der Waals surface area contributed by atoms with Gasteiger partial charge in [-0.15, -0.1) is 13.2 Å². The van der Waals surface area contributed by atoms with Gasteiger partial charge in [0.2, 0.25) is 0 Å². The van der Waals surface area contributed by atoms with Crippen LogP contribution in [-0.2, 0) is 6.54 Å². The summed E-state index contributed by atoms with van der Waals surface area (Å²) in [5, 5.41) is 15.1. The zero-order chi connectivity index (χ0) is 17.9. The molecule has 0 aromatic heterocycles. The molecule has 132 valence electrons. The molecule has 0 spiro atoms. The Morgan fingerprint density at radius 2 is 1.96 bits per heavy atom. The predicted molar refractivity (Wildman–Crippen MR) is 89.9 cm³/mol. The molecule has 0 bridgehead atoms. The first-order valence-electron chi connectivity index (χ1n) is 7.74. The molecule has 0 fully saturated rings. The van der Waals surface area contributed by atoms with Gasteiger partial charge < -0.3 is 20.5 Å². The normalized spacial score (nSPS) is 13.5. The Morgan fingerprint density at radius 1 is 1.16 bits per heavy atom. The Morgan fingerprint density at radius 3 is 2.72 bits per heavy atom. The van der Waals surface area contributed by atoms with Gasteiger partial charge in [-0.05, 0) is 41.5 Å². The van der Waals surface area contributed by atoms with Crippen molar-refractivity contribution in [2.45, 2.75) is 12.9 Å². The van der Waals surface area contributed by atoms with Crippen molar-refractivity contribution < 1.29 is 23.0 Å². The molecular formula is C18H17F3N2O2. The largest absolute Gasteiger partial charge is 0.573 e. The van der Waals surface area contributed by atoms with E-state index in [1.54, 1.807) is 18.2 Å². The summed E-state index contributed by atoms with van der Waals surface area (Å²) < 4.78 is 41.9. The van der Waals surface area contributed by atoms with Crippen LogP contribution in [0.5, 0.6) is 5.75 Å².